The Morgan fingerprint density at radius 3 is 2.17 bits per heavy atom. The summed E-state index contributed by atoms with van der Waals surface area (Å²) in [5.74, 6) is -2.78. The number of hydrogen-bond acceptors (Lipinski definition) is 6. The number of ketones is 1. The van der Waals surface area contributed by atoms with Crippen molar-refractivity contribution >= 4 is 29.5 Å². The highest BCUT2D eigenvalue weighted by molar-refractivity contribution is 6.38. The molecule has 0 radical (unpaired) electrons. The Bertz CT molecular complexity index is 790. The third-order valence-corrected chi connectivity index (χ3v) is 6.96. The first-order chi connectivity index (χ1) is 17.1. The van der Waals surface area contributed by atoms with Crippen LogP contribution in [0.2, 0.25) is 0 Å². The van der Waals surface area contributed by atoms with Gasteiger partial charge in [-0.3, -0.25) is 19.2 Å². The summed E-state index contributed by atoms with van der Waals surface area (Å²) in [6.07, 6.45) is 5.10. The Morgan fingerprint density at radius 2 is 1.61 bits per heavy atom. The van der Waals surface area contributed by atoms with Gasteiger partial charge < -0.3 is 30.9 Å². The van der Waals surface area contributed by atoms with Gasteiger partial charge in [-0.15, -0.1) is 0 Å². The van der Waals surface area contributed by atoms with Crippen molar-refractivity contribution in [2.45, 2.75) is 89.8 Å². The number of urea groups is 1. The molecule has 204 valence electrons. The molecule has 1 aliphatic carbocycles. The van der Waals surface area contributed by atoms with E-state index in [0.717, 1.165) is 25.7 Å². The van der Waals surface area contributed by atoms with Gasteiger partial charge in [0.2, 0.25) is 17.6 Å². The van der Waals surface area contributed by atoms with Crippen LogP contribution in [0.1, 0.15) is 72.1 Å². The predicted octanol–water partition coefficient (Wildman–Crippen LogP) is 0.862. The minimum absolute atomic E-state index is 0.230. The number of carbonyl (C=O) groups excluding carboxylic acids is 5. The standard InChI is InChI=1S/C25H43N5O6/c1-5-6-10-18(20(31)22(33)28-19(17(2)3)21(32)26-4)27-23(34)25(11-8-7-9-12-25)29-24(35)30-13-15-36-16-14-30/h17-19H,5-16H2,1-4H3,(H,26,32)(H,27,34)(H,28,33)(H,29,35)/t18-,19-/m0/s1. The highest BCUT2D eigenvalue weighted by Gasteiger charge is 2.43. The van der Waals surface area contributed by atoms with E-state index >= 15 is 0 Å². The number of carbonyl (C=O) groups is 5. The maximum absolute atomic E-state index is 13.6. The number of nitrogens with one attached hydrogen (secondary N) is 4. The summed E-state index contributed by atoms with van der Waals surface area (Å²) in [5.41, 5.74) is -1.14. The van der Waals surface area contributed by atoms with Crippen LogP contribution in [0.4, 0.5) is 4.79 Å². The Hall–Kier alpha value is -2.69. The number of Topliss-reactive ketones (excluding diaryl/α,β-unsaturated/α-hetero) is 1. The van der Waals surface area contributed by atoms with Crippen LogP contribution in [-0.4, -0.2) is 85.4 Å². The van der Waals surface area contributed by atoms with Gasteiger partial charge in [0.1, 0.15) is 11.6 Å². The van der Waals surface area contributed by atoms with Crippen molar-refractivity contribution in [1.82, 2.24) is 26.2 Å². The van der Waals surface area contributed by atoms with E-state index < -0.39 is 41.1 Å². The van der Waals surface area contributed by atoms with Crippen molar-refractivity contribution in [2.75, 3.05) is 33.4 Å². The number of amides is 5. The summed E-state index contributed by atoms with van der Waals surface area (Å²) in [4.78, 5) is 66.3. The Balaban J connectivity index is 2.17. The van der Waals surface area contributed by atoms with Crippen LogP contribution in [0.5, 0.6) is 0 Å². The smallest absolute Gasteiger partial charge is 0.318 e. The van der Waals surface area contributed by atoms with Crippen LogP contribution in [0, 0.1) is 5.92 Å². The first-order valence-electron chi connectivity index (χ1n) is 13.2. The summed E-state index contributed by atoms with van der Waals surface area (Å²) in [6, 6.07) is -2.24. The number of morpholine rings is 1. The fourth-order valence-electron chi connectivity index (χ4n) is 4.65. The van der Waals surface area contributed by atoms with E-state index in [4.69, 9.17) is 4.74 Å². The average Bonchev–Trinajstić information content (AvgIpc) is 2.89. The molecule has 1 saturated carbocycles. The molecule has 0 spiro atoms. The molecule has 0 aromatic carbocycles. The predicted molar refractivity (Wildman–Crippen MR) is 134 cm³/mol. The van der Waals surface area contributed by atoms with Crippen molar-refractivity contribution in [2.24, 2.45) is 5.92 Å². The molecule has 1 saturated heterocycles. The first kappa shape index (κ1) is 29.5. The highest BCUT2D eigenvalue weighted by atomic mass is 16.5. The molecule has 11 nitrogen and oxygen atoms in total. The van der Waals surface area contributed by atoms with Crippen molar-refractivity contribution in [3.63, 3.8) is 0 Å². The van der Waals surface area contributed by atoms with E-state index in [2.05, 4.69) is 21.3 Å². The molecular formula is C25H43N5O6. The van der Waals surface area contributed by atoms with E-state index in [1.54, 1.807) is 18.7 Å². The monoisotopic (exact) mass is 509 g/mol. The van der Waals surface area contributed by atoms with Crippen LogP contribution in [0.15, 0.2) is 0 Å². The molecule has 2 rings (SSSR count). The van der Waals surface area contributed by atoms with E-state index in [1.165, 1.54) is 7.05 Å². The Kier molecular flexibility index (Phi) is 11.6. The van der Waals surface area contributed by atoms with Gasteiger partial charge in [0.25, 0.3) is 5.91 Å². The summed E-state index contributed by atoms with van der Waals surface area (Å²) in [7, 11) is 1.46. The Morgan fingerprint density at radius 1 is 0.972 bits per heavy atom. The lowest BCUT2D eigenvalue weighted by molar-refractivity contribution is -0.142. The summed E-state index contributed by atoms with van der Waals surface area (Å²) in [5, 5.41) is 10.8. The second-order valence-electron chi connectivity index (χ2n) is 10.0. The van der Waals surface area contributed by atoms with Gasteiger partial charge in [-0.05, 0) is 25.2 Å². The van der Waals surface area contributed by atoms with Crippen LogP contribution in [0.3, 0.4) is 0 Å². The number of nitrogens with zero attached hydrogens (tertiary/aromatic N) is 1. The van der Waals surface area contributed by atoms with Crippen LogP contribution in [-0.2, 0) is 23.9 Å². The van der Waals surface area contributed by atoms with E-state index in [0.29, 0.717) is 45.6 Å². The topological polar surface area (TPSA) is 146 Å². The zero-order chi connectivity index (χ0) is 26.7. The second-order valence-corrected chi connectivity index (χ2v) is 10.0. The lowest BCUT2D eigenvalue weighted by Gasteiger charge is -2.39. The summed E-state index contributed by atoms with van der Waals surface area (Å²) < 4.78 is 5.31. The fourth-order valence-corrected chi connectivity index (χ4v) is 4.65. The molecule has 2 fully saturated rings. The zero-order valence-electron chi connectivity index (χ0n) is 22.1. The van der Waals surface area contributed by atoms with Crippen LogP contribution >= 0.6 is 0 Å². The van der Waals surface area contributed by atoms with Crippen molar-refractivity contribution < 1.29 is 28.7 Å². The summed E-state index contributed by atoms with van der Waals surface area (Å²) in [6.45, 7) is 7.28. The normalized spacial score (nSPS) is 19.1. The maximum Gasteiger partial charge on any atom is 0.318 e. The van der Waals surface area contributed by atoms with Gasteiger partial charge in [0.15, 0.2) is 0 Å². The Labute approximate surface area is 213 Å². The molecule has 0 aromatic heterocycles. The third kappa shape index (κ3) is 7.91. The molecule has 36 heavy (non-hydrogen) atoms. The second kappa shape index (κ2) is 14.2. The minimum atomic E-state index is -1.14. The molecule has 2 aliphatic rings. The fraction of sp³-hybridized carbons (Fsp3) is 0.800. The van der Waals surface area contributed by atoms with Crippen molar-refractivity contribution in [3.8, 4) is 0 Å². The minimum Gasteiger partial charge on any atom is -0.378 e. The zero-order valence-corrected chi connectivity index (χ0v) is 22.1. The van der Waals surface area contributed by atoms with Crippen LogP contribution < -0.4 is 21.3 Å². The third-order valence-electron chi connectivity index (χ3n) is 6.96. The lowest BCUT2D eigenvalue weighted by Crippen LogP contribution is -2.65. The van der Waals surface area contributed by atoms with Crippen molar-refractivity contribution in [3.05, 3.63) is 0 Å². The quantitative estimate of drug-likeness (QED) is 0.304. The van der Waals surface area contributed by atoms with Crippen LogP contribution in [0.25, 0.3) is 0 Å². The molecule has 0 unspecified atom stereocenters. The molecule has 5 amide bonds. The molecule has 0 bridgehead atoms. The first-order valence-corrected chi connectivity index (χ1v) is 13.2. The lowest BCUT2D eigenvalue weighted by atomic mass is 9.80. The molecule has 1 heterocycles. The SMILES string of the molecule is CCCC[C@H](NC(=O)C1(NC(=O)N2CCOCC2)CCCCC1)C(=O)C(=O)N[C@H](C(=O)NC)C(C)C. The number of unbranched alkanes of at least 4 members (excludes halogenated alkanes) is 1. The van der Waals surface area contributed by atoms with Gasteiger partial charge in [0, 0.05) is 20.1 Å². The number of ether oxygens (including phenoxy) is 1. The van der Waals surface area contributed by atoms with Gasteiger partial charge in [-0.1, -0.05) is 52.9 Å². The molecule has 4 N–H and O–H groups in total. The number of likely N-dealkylation sites (N-methyl/N-ethyl adjacent to an activating group) is 1. The van der Waals surface area contributed by atoms with Gasteiger partial charge >= 0.3 is 6.03 Å². The molecule has 1 aliphatic heterocycles. The van der Waals surface area contributed by atoms with Gasteiger partial charge in [0.05, 0.1) is 19.3 Å². The van der Waals surface area contributed by atoms with Crippen molar-refractivity contribution in [1.29, 1.82) is 0 Å². The molecule has 11 heteroatoms. The average molecular weight is 510 g/mol. The molecule has 2 atom stereocenters. The van der Waals surface area contributed by atoms with E-state index in [-0.39, 0.29) is 18.4 Å². The number of rotatable bonds is 11. The largest absolute Gasteiger partial charge is 0.378 e. The number of hydrogen-bond donors (Lipinski definition) is 4. The summed E-state index contributed by atoms with van der Waals surface area (Å²) >= 11 is 0. The maximum atomic E-state index is 13.6. The van der Waals surface area contributed by atoms with Gasteiger partial charge in [-0.2, -0.15) is 0 Å². The van der Waals surface area contributed by atoms with E-state index in [9.17, 15) is 24.0 Å². The van der Waals surface area contributed by atoms with Gasteiger partial charge in [-0.25, -0.2) is 4.79 Å². The highest BCUT2D eigenvalue weighted by Crippen LogP contribution is 2.29. The molecule has 0 aromatic rings. The molecular weight excluding hydrogens is 466 g/mol. The van der Waals surface area contributed by atoms with E-state index in [1.807, 2.05) is 6.92 Å².